The van der Waals surface area contributed by atoms with Crippen LogP contribution in [0.4, 0.5) is 0 Å². The zero-order valence-corrected chi connectivity index (χ0v) is 11.2. The van der Waals surface area contributed by atoms with E-state index < -0.39 is 0 Å². The number of hydrogen-bond donors (Lipinski definition) is 1. The number of fused-ring (bicyclic) bond motifs is 1. The molecule has 2 aliphatic rings. The summed E-state index contributed by atoms with van der Waals surface area (Å²) in [7, 11) is 0. The lowest BCUT2D eigenvalue weighted by atomic mass is 10.1. The number of nitrogens with one attached hydrogen (secondary N) is 1. The Kier molecular flexibility index (Phi) is 4.20. The van der Waals surface area contributed by atoms with Gasteiger partial charge in [-0.1, -0.05) is 6.07 Å². The smallest absolute Gasteiger partial charge is 0.231 e. The maximum Gasteiger partial charge on any atom is 0.231 e. The molecule has 0 aromatic heterocycles. The Balaban J connectivity index is 1.35. The van der Waals surface area contributed by atoms with E-state index in [0.717, 1.165) is 31.2 Å². The molecule has 2 heterocycles. The van der Waals surface area contributed by atoms with Gasteiger partial charge < -0.3 is 19.5 Å². The van der Waals surface area contributed by atoms with E-state index in [-0.39, 0.29) is 0 Å². The molecular weight excluding hydrogens is 242 g/mol. The van der Waals surface area contributed by atoms with Crippen LogP contribution in [0.15, 0.2) is 18.2 Å². The topological polar surface area (TPSA) is 39.7 Å². The average Bonchev–Trinajstić information content (AvgIpc) is 3.08. The minimum absolute atomic E-state index is 0.341. The van der Waals surface area contributed by atoms with E-state index in [1.54, 1.807) is 0 Å². The van der Waals surface area contributed by atoms with Gasteiger partial charge in [0.15, 0.2) is 11.5 Å². The van der Waals surface area contributed by atoms with Crippen LogP contribution in [0.3, 0.4) is 0 Å². The second-order valence-corrected chi connectivity index (χ2v) is 5.14. The van der Waals surface area contributed by atoms with E-state index >= 15 is 0 Å². The fourth-order valence-electron chi connectivity index (χ4n) is 2.61. The third kappa shape index (κ3) is 3.39. The summed E-state index contributed by atoms with van der Waals surface area (Å²) in [5, 5.41) is 3.46. The lowest BCUT2D eigenvalue weighted by Crippen LogP contribution is -2.16. The second kappa shape index (κ2) is 6.26. The Bertz CT molecular complexity index is 416. The fourth-order valence-corrected chi connectivity index (χ4v) is 2.61. The molecule has 1 unspecified atom stereocenters. The van der Waals surface area contributed by atoms with Gasteiger partial charge in [0.1, 0.15) is 0 Å². The maximum absolute atomic E-state index is 5.61. The van der Waals surface area contributed by atoms with E-state index in [0.29, 0.717) is 12.9 Å². The van der Waals surface area contributed by atoms with E-state index in [1.807, 2.05) is 6.07 Å². The number of benzene rings is 1. The van der Waals surface area contributed by atoms with Crippen molar-refractivity contribution in [1.29, 1.82) is 0 Å². The normalized spacial score (nSPS) is 20.9. The molecule has 1 aromatic carbocycles. The highest BCUT2D eigenvalue weighted by Gasteiger charge is 2.15. The van der Waals surface area contributed by atoms with E-state index in [9.17, 15) is 0 Å². The van der Waals surface area contributed by atoms with Crippen molar-refractivity contribution in [3.8, 4) is 11.5 Å². The van der Waals surface area contributed by atoms with Gasteiger partial charge in [0, 0.05) is 13.2 Å². The van der Waals surface area contributed by atoms with Crippen LogP contribution in [-0.2, 0) is 11.3 Å². The summed E-state index contributed by atoms with van der Waals surface area (Å²) in [6.07, 6.45) is 5.33. The van der Waals surface area contributed by atoms with Crippen molar-refractivity contribution < 1.29 is 14.2 Å². The lowest BCUT2D eigenvalue weighted by Gasteiger charge is -2.09. The quantitative estimate of drug-likeness (QED) is 0.800. The molecule has 3 rings (SSSR count). The summed E-state index contributed by atoms with van der Waals surface area (Å²) in [4.78, 5) is 0. The highest BCUT2D eigenvalue weighted by atomic mass is 16.7. The zero-order valence-electron chi connectivity index (χ0n) is 11.2. The van der Waals surface area contributed by atoms with Crippen molar-refractivity contribution in [1.82, 2.24) is 5.32 Å². The number of hydrogen-bond acceptors (Lipinski definition) is 4. The summed E-state index contributed by atoms with van der Waals surface area (Å²) in [5.74, 6) is 1.71. The molecule has 4 nitrogen and oxygen atoms in total. The molecule has 0 spiro atoms. The molecule has 1 aromatic rings. The highest BCUT2D eigenvalue weighted by molar-refractivity contribution is 5.44. The highest BCUT2D eigenvalue weighted by Crippen LogP contribution is 2.32. The summed E-state index contributed by atoms with van der Waals surface area (Å²) >= 11 is 0. The molecule has 0 amide bonds. The largest absolute Gasteiger partial charge is 0.454 e. The minimum atomic E-state index is 0.341. The van der Waals surface area contributed by atoms with Crippen molar-refractivity contribution in [2.24, 2.45) is 0 Å². The Labute approximate surface area is 114 Å². The Morgan fingerprint density at radius 3 is 3.05 bits per heavy atom. The monoisotopic (exact) mass is 263 g/mol. The van der Waals surface area contributed by atoms with Crippen LogP contribution in [0.1, 0.15) is 31.2 Å². The van der Waals surface area contributed by atoms with Crippen molar-refractivity contribution in [2.75, 3.05) is 19.9 Å². The molecule has 4 heteroatoms. The van der Waals surface area contributed by atoms with E-state index in [4.69, 9.17) is 14.2 Å². The van der Waals surface area contributed by atoms with Crippen LogP contribution in [0.25, 0.3) is 0 Å². The summed E-state index contributed by atoms with van der Waals surface area (Å²) in [6.45, 7) is 3.21. The molecular formula is C15H21NO3. The van der Waals surface area contributed by atoms with Crippen molar-refractivity contribution >= 4 is 0 Å². The average molecular weight is 263 g/mol. The van der Waals surface area contributed by atoms with Gasteiger partial charge in [0.2, 0.25) is 6.79 Å². The molecule has 1 N–H and O–H groups in total. The second-order valence-electron chi connectivity index (χ2n) is 5.14. The first-order chi connectivity index (χ1) is 9.42. The Hall–Kier alpha value is -1.26. The van der Waals surface area contributed by atoms with E-state index in [2.05, 4.69) is 17.4 Å². The van der Waals surface area contributed by atoms with Crippen LogP contribution in [0, 0.1) is 0 Å². The third-order valence-corrected chi connectivity index (χ3v) is 3.67. The van der Waals surface area contributed by atoms with Gasteiger partial charge >= 0.3 is 0 Å². The van der Waals surface area contributed by atoms with Gasteiger partial charge in [0.05, 0.1) is 6.10 Å². The first kappa shape index (κ1) is 12.8. The molecule has 1 atom stereocenters. The number of ether oxygens (including phenoxy) is 3. The van der Waals surface area contributed by atoms with Crippen molar-refractivity contribution in [2.45, 2.75) is 38.3 Å². The Morgan fingerprint density at radius 1 is 1.21 bits per heavy atom. The van der Waals surface area contributed by atoms with Crippen LogP contribution < -0.4 is 14.8 Å². The van der Waals surface area contributed by atoms with Gasteiger partial charge in [-0.15, -0.1) is 0 Å². The predicted octanol–water partition coefficient (Wildman–Crippen LogP) is 2.46. The molecule has 104 valence electrons. The van der Waals surface area contributed by atoms with Crippen LogP contribution in [0.2, 0.25) is 0 Å². The molecule has 0 bridgehead atoms. The molecule has 19 heavy (non-hydrogen) atoms. The summed E-state index contributed by atoms with van der Waals surface area (Å²) in [5.41, 5.74) is 1.24. The predicted molar refractivity (Wildman–Crippen MR) is 72.5 cm³/mol. The molecule has 0 saturated carbocycles. The summed E-state index contributed by atoms with van der Waals surface area (Å²) < 4.78 is 16.3. The summed E-state index contributed by atoms with van der Waals surface area (Å²) in [6, 6.07) is 6.11. The first-order valence-corrected chi connectivity index (χ1v) is 7.13. The van der Waals surface area contributed by atoms with Gasteiger partial charge in [0.25, 0.3) is 0 Å². The molecule has 0 aliphatic carbocycles. The van der Waals surface area contributed by atoms with Crippen LogP contribution in [-0.4, -0.2) is 26.0 Å². The number of rotatable bonds is 6. The Morgan fingerprint density at radius 2 is 2.16 bits per heavy atom. The van der Waals surface area contributed by atoms with E-state index in [1.165, 1.54) is 31.2 Å². The SMILES string of the molecule is c1cc2c(cc1CNCCCC1CCCO1)OCO2. The van der Waals surface area contributed by atoms with Crippen LogP contribution in [0.5, 0.6) is 11.5 Å². The third-order valence-electron chi connectivity index (χ3n) is 3.67. The van der Waals surface area contributed by atoms with Crippen molar-refractivity contribution in [3.63, 3.8) is 0 Å². The first-order valence-electron chi connectivity index (χ1n) is 7.13. The van der Waals surface area contributed by atoms with Crippen LogP contribution >= 0.6 is 0 Å². The zero-order chi connectivity index (χ0) is 12.9. The molecule has 0 radical (unpaired) electrons. The van der Waals surface area contributed by atoms with Gasteiger partial charge in [-0.2, -0.15) is 0 Å². The van der Waals surface area contributed by atoms with Gasteiger partial charge in [-0.3, -0.25) is 0 Å². The van der Waals surface area contributed by atoms with Gasteiger partial charge in [-0.25, -0.2) is 0 Å². The molecule has 1 fully saturated rings. The minimum Gasteiger partial charge on any atom is -0.454 e. The standard InChI is InChI=1S/C15H21NO3/c1(3-13-4-2-8-17-13)7-16-10-12-5-6-14-15(9-12)19-11-18-14/h5-6,9,13,16H,1-4,7-8,10-11H2. The molecule has 1 saturated heterocycles. The maximum atomic E-state index is 5.61. The van der Waals surface area contributed by atoms with Crippen molar-refractivity contribution in [3.05, 3.63) is 23.8 Å². The lowest BCUT2D eigenvalue weighted by molar-refractivity contribution is 0.102. The fraction of sp³-hybridized carbons (Fsp3) is 0.600. The molecule has 2 aliphatic heterocycles. The van der Waals surface area contributed by atoms with Gasteiger partial charge in [-0.05, 0) is 49.9 Å².